The number of furan rings is 1. The zero-order chi connectivity index (χ0) is 37.0. The SMILES string of the molecule is c1ccc(-c2ccc(N(c3ccc(-c4cc5ccccc5c5ccccc45)cc3)c3ccc4oc5ccc6cc(-c7ccccc7)ccc6c5c4c3)cc2)cc1. The first-order valence-corrected chi connectivity index (χ1v) is 19.2. The lowest BCUT2D eigenvalue weighted by molar-refractivity contribution is 0.669. The van der Waals surface area contributed by atoms with Crippen LogP contribution in [0.1, 0.15) is 0 Å². The van der Waals surface area contributed by atoms with Crippen molar-refractivity contribution in [3.05, 3.63) is 212 Å². The van der Waals surface area contributed by atoms with Gasteiger partial charge in [-0.25, -0.2) is 0 Å². The van der Waals surface area contributed by atoms with E-state index in [9.17, 15) is 0 Å². The van der Waals surface area contributed by atoms with E-state index in [-0.39, 0.29) is 0 Å². The number of nitrogens with zero attached hydrogens (tertiary/aromatic N) is 1. The molecule has 1 aromatic heterocycles. The molecule has 10 aromatic carbocycles. The lowest BCUT2D eigenvalue weighted by Crippen LogP contribution is -2.09. The molecule has 0 radical (unpaired) electrons. The maximum atomic E-state index is 6.50. The summed E-state index contributed by atoms with van der Waals surface area (Å²) in [6, 6.07) is 76.4. The van der Waals surface area contributed by atoms with Gasteiger partial charge in [-0.15, -0.1) is 0 Å². The minimum atomic E-state index is 0.876. The van der Waals surface area contributed by atoms with Crippen molar-refractivity contribution in [2.75, 3.05) is 4.90 Å². The molecule has 0 spiro atoms. The van der Waals surface area contributed by atoms with E-state index in [1.54, 1.807) is 0 Å². The molecule has 56 heavy (non-hydrogen) atoms. The summed E-state index contributed by atoms with van der Waals surface area (Å²) < 4.78 is 6.50. The van der Waals surface area contributed by atoms with Crippen LogP contribution in [0, 0.1) is 0 Å². The summed E-state index contributed by atoms with van der Waals surface area (Å²) in [6.45, 7) is 0. The molecule has 0 bridgehead atoms. The number of fused-ring (bicyclic) bond motifs is 8. The maximum Gasteiger partial charge on any atom is 0.136 e. The highest BCUT2D eigenvalue weighted by Crippen LogP contribution is 2.43. The van der Waals surface area contributed by atoms with Crippen LogP contribution < -0.4 is 4.90 Å². The number of hydrogen-bond donors (Lipinski definition) is 0. The highest BCUT2D eigenvalue weighted by atomic mass is 16.3. The zero-order valence-corrected chi connectivity index (χ0v) is 30.6. The van der Waals surface area contributed by atoms with Crippen molar-refractivity contribution in [1.29, 1.82) is 0 Å². The van der Waals surface area contributed by atoms with E-state index in [4.69, 9.17) is 4.42 Å². The van der Waals surface area contributed by atoms with Crippen LogP contribution in [0.15, 0.2) is 217 Å². The molecule has 0 saturated heterocycles. The van der Waals surface area contributed by atoms with Crippen molar-refractivity contribution in [2.24, 2.45) is 0 Å². The number of hydrogen-bond acceptors (Lipinski definition) is 2. The normalized spacial score (nSPS) is 11.6. The van der Waals surface area contributed by atoms with Crippen molar-refractivity contribution in [1.82, 2.24) is 0 Å². The monoisotopic (exact) mass is 713 g/mol. The molecule has 11 rings (SSSR count). The predicted molar refractivity (Wildman–Crippen MR) is 237 cm³/mol. The summed E-state index contributed by atoms with van der Waals surface area (Å²) in [5.74, 6) is 0. The zero-order valence-electron chi connectivity index (χ0n) is 30.6. The summed E-state index contributed by atoms with van der Waals surface area (Å²) >= 11 is 0. The number of benzene rings is 10. The van der Waals surface area contributed by atoms with Gasteiger partial charge in [-0.2, -0.15) is 0 Å². The van der Waals surface area contributed by atoms with Crippen LogP contribution in [0.5, 0.6) is 0 Å². The first-order valence-electron chi connectivity index (χ1n) is 19.2. The number of anilines is 3. The molecule has 2 heteroatoms. The van der Waals surface area contributed by atoms with Gasteiger partial charge >= 0.3 is 0 Å². The Labute approximate surface area is 325 Å². The third kappa shape index (κ3) is 5.42. The molecule has 0 N–H and O–H groups in total. The van der Waals surface area contributed by atoms with Crippen LogP contribution in [0.3, 0.4) is 0 Å². The fourth-order valence-corrected chi connectivity index (χ4v) is 8.51. The molecule has 0 atom stereocenters. The summed E-state index contributed by atoms with van der Waals surface area (Å²) in [6.07, 6.45) is 0. The molecule has 2 nitrogen and oxygen atoms in total. The minimum absolute atomic E-state index is 0.876. The second kappa shape index (κ2) is 13.2. The number of rotatable bonds is 6. The van der Waals surface area contributed by atoms with Crippen LogP contribution in [-0.4, -0.2) is 0 Å². The smallest absolute Gasteiger partial charge is 0.136 e. The Hall–Kier alpha value is -7.42. The van der Waals surface area contributed by atoms with E-state index in [1.807, 2.05) is 0 Å². The second-order valence-corrected chi connectivity index (χ2v) is 14.5. The molecular formula is C54H35NO. The lowest BCUT2D eigenvalue weighted by atomic mass is 9.93. The first-order chi connectivity index (χ1) is 27.7. The minimum Gasteiger partial charge on any atom is -0.456 e. The van der Waals surface area contributed by atoms with Crippen LogP contribution in [0.2, 0.25) is 0 Å². The van der Waals surface area contributed by atoms with Crippen LogP contribution in [-0.2, 0) is 0 Å². The first kappa shape index (κ1) is 32.0. The molecule has 0 fully saturated rings. The van der Waals surface area contributed by atoms with E-state index in [0.29, 0.717) is 0 Å². The highest BCUT2D eigenvalue weighted by Gasteiger charge is 2.18. The standard InChI is InChI=1S/C54H35NO/c1-3-11-36(12-4-1)38-19-25-43(26-20-38)55(44-27-21-39(22-28-44)50-34-41-15-7-8-16-46(41)48-17-9-10-18-49(48)50)45-29-32-52-51(35-45)54-47-30-23-40(37-13-5-2-6-14-37)33-42(47)24-31-53(54)56-52/h1-35H. The fourth-order valence-electron chi connectivity index (χ4n) is 8.51. The van der Waals surface area contributed by atoms with Gasteiger partial charge < -0.3 is 9.32 Å². The molecule has 0 saturated carbocycles. The van der Waals surface area contributed by atoms with Gasteiger partial charge in [0.2, 0.25) is 0 Å². The average molecular weight is 714 g/mol. The highest BCUT2D eigenvalue weighted by molar-refractivity contribution is 6.20. The van der Waals surface area contributed by atoms with Crippen molar-refractivity contribution < 1.29 is 4.42 Å². The average Bonchev–Trinajstić information content (AvgIpc) is 3.66. The van der Waals surface area contributed by atoms with E-state index in [0.717, 1.165) is 39.0 Å². The summed E-state index contributed by atoms with van der Waals surface area (Å²) in [5.41, 5.74) is 12.2. The van der Waals surface area contributed by atoms with Crippen molar-refractivity contribution in [2.45, 2.75) is 0 Å². The summed E-state index contributed by atoms with van der Waals surface area (Å²) in [7, 11) is 0. The van der Waals surface area contributed by atoms with Crippen molar-refractivity contribution >= 4 is 71.3 Å². The molecular weight excluding hydrogens is 679 g/mol. The summed E-state index contributed by atoms with van der Waals surface area (Å²) in [5, 5.41) is 9.66. The molecule has 11 aromatic rings. The Morgan fingerprint density at radius 2 is 0.821 bits per heavy atom. The van der Waals surface area contributed by atoms with Gasteiger partial charge in [-0.1, -0.05) is 152 Å². The Balaban J connectivity index is 1.06. The van der Waals surface area contributed by atoms with Gasteiger partial charge in [-0.3, -0.25) is 0 Å². The molecule has 0 aliphatic rings. The van der Waals surface area contributed by atoms with Gasteiger partial charge in [0.1, 0.15) is 11.2 Å². The van der Waals surface area contributed by atoms with Crippen LogP contribution >= 0.6 is 0 Å². The van der Waals surface area contributed by atoms with Gasteiger partial charge in [0.15, 0.2) is 0 Å². The van der Waals surface area contributed by atoms with Gasteiger partial charge in [0.25, 0.3) is 0 Å². The van der Waals surface area contributed by atoms with E-state index < -0.39 is 0 Å². The lowest BCUT2D eigenvalue weighted by Gasteiger charge is -2.26. The summed E-state index contributed by atoms with van der Waals surface area (Å²) in [4.78, 5) is 2.36. The molecule has 0 aliphatic heterocycles. The van der Waals surface area contributed by atoms with Gasteiger partial charge in [0.05, 0.1) is 0 Å². The Bertz CT molecular complexity index is 3220. The fraction of sp³-hybridized carbons (Fsp3) is 0. The Morgan fingerprint density at radius 3 is 1.55 bits per heavy atom. The van der Waals surface area contributed by atoms with Gasteiger partial charge in [0, 0.05) is 27.8 Å². The Kier molecular flexibility index (Phi) is 7.53. The largest absolute Gasteiger partial charge is 0.456 e. The maximum absolute atomic E-state index is 6.50. The van der Waals surface area contributed by atoms with E-state index in [2.05, 4.69) is 217 Å². The van der Waals surface area contributed by atoms with Crippen molar-refractivity contribution in [3.63, 3.8) is 0 Å². The molecule has 1 heterocycles. The third-order valence-corrected chi connectivity index (χ3v) is 11.2. The second-order valence-electron chi connectivity index (χ2n) is 14.5. The third-order valence-electron chi connectivity index (χ3n) is 11.2. The predicted octanol–water partition coefficient (Wildman–Crippen LogP) is 15.5. The van der Waals surface area contributed by atoms with E-state index in [1.165, 1.54) is 65.7 Å². The van der Waals surface area contributed by atoms with Crippen LogP contribution in [0.25, 0.3) is 87.6 Å². The van der Waals surface area contributed by atoms with E-state index >= 15 is 0 Å². The Morgan fingerprint density at radius 1 is 0.286 bits per heavy atom. The molecule has 262 valence electrons. The molecule has 0 amide bonds. The molecule has 0 aliphatic carbocycles. The topological polar surface area (TPSA) is 16.4 Å². The quantitative estimate of drug-likeness (QED) is 0.160. The molecule has 0 unspecified atom stereocenters. The van der Waals surface area contributed by atoms with Crippen LogP contribution in [0.4, 0.5) is 17.1 Å². The van der Waals surface area contributed by atoms with Crippen molar-refractivity contribution in [3.8, 4) is 33.4 Å². The van der Waals surface area contributed by atoms with Gasteiger partial charge in [-0.05, 0) is 126 Å².